The number of rotatable bonds is 7. The van der Waals surface area contributed by atoms with Gasteiger partial charge in [-0.05, 0) is 24.0 Å². The van der Waals surface area contributed by atoms with Gasteiger partial charge in [0.2, 0.25) is 17.7 Å². The molecule has 0 unspecified atom stereocenters. The van der Waals surface area contributed by atoms with Gasteiger partial charge in [0, 0.05) is 19.7 Å². The molecule has 0 saturated heterocycles. The second kappa shape index (κ2) is 9.05. The van der Waals surface area contributed by atoms with Crippen LogP contribution >= 0.6 is 0 Å². The predicted molar refractivity (Wildman–Crippen MR) is 94.5 cm³/mol. The highest BCUT2D eigenvalue weighted by Crippen LogP contribution is 2.15. The molecule has 0 fully saturated rings. The molecule has 6 heteroatoms. The highest BCUT2D eigenvalue weighted by molar-refractivity contribution is 5.96. The van der Waals surface area contributed by atoms with E-state index in [0.717, 1.165) is 17.7 Å². The number of likely N-dealkylation sites (N-methyl/N-ethyl adjacent to an activating group) is 1. The zero-order chi connectivity index (χ0) is 18.3. The summed E-state index contributed by atoms with van der Waals surface area (Å²) in [4.78, 5) is 37.3. The Bertz CT molecular complexity index is 599. The minimum atomic E-state index is -0.636. The number of aryl methyl sites for hydroxylation is 1. The van der Waals surface area contributed by atoms with E-state index < -0.39 is 6.04 Å². The molecular formula is C18H27N3O3. The number of anilines is 1. The first-order valence-corrected chi connectivity index (χ1v) is 8.16. The van der Waals surface area contributed by atoms with Crippen LogP contribution in [0.15, 0.2) is 24.3 Å². The lowest BCUT2D eigenvalue weighted by Gasteiger charge is -2.26. The van der Waals surface area contributed by atoms with Crippen LogP contribution in [0.3, 0.4) is 0 Å². The maximum Gasteiger partial charge on any atom is 0.245 e. The van der Waals surface area contributed by atoms with E-state index in [4.69, 9.17) is 0 Å². The van der Waals surface area contributed by atoms with Crippen LogP contribution in [0.25, 0.3) is 0 Å². The van der Waals surface area contributed by atoms with Gasteiger partial charge in [0.1, 0.15) is 6.04 Å². The number of hydrogen-bond donors (Lipinski definition) is 2. The van der Waals surface area contributed by atoms with E-state index in [9.17, 15) is 14.4 Å². The van der Waals surface area contributed by atoms with Gasteiger partial charge < -0.3 is 15.5 Å². The van der Waals surface area contributed by atoms with Crippen LogP contribution in [-0.4, -0.2) is 42.3 Å². The fraction of sp³-hybridized carbons (Fsp3) is 0.500. The minimum absolute atomic E-state index is 0.0623. The lowest BCUT2D eigenvalue weighted by Crippen LogP contribution is -2.51. The highest BCUT2D eigenvalue weighted by Gasteiger charge is 2.27. The van der Waals surface area contributed by atoms with Gasteiger partial charge in [0.15, 0.2) is 0 Å². The third-order valence-corrected chi connectivity index (χ3v) is 3.72. The topological polar surface area (TPSA) is 78.5 Å². The van der Waals surface area contributed by atoms with Crippen molar-refractivity contribution < 1.29 is 14.4 Å². The van der Waals surface area contributed by atoms with Gasteiger partial charge in [-0.3, -0.25) is 14.4 Å². The Balaban J connectivity index is 2.71. The van der Waals surface area contributed by atoms with E-state index in [1.165, 1.54) is 11.8 Å². The van der Waals surface area contributed by atoms with Crippen molar-refractivity contribution in [3.63, 3.8) is 0 Å². The number of nitrogens with zero attached hydrogens (tertiary/aromatic N) is 1. The van der Waals surface area contributed by atoms with Crippen LogP contribution < -0.4 is 10.6 Å². The van der Waals surface area contributed by atoms with Gasteiger partial charge in [-0.25, -0.2) is 0 Å². The number of para-hydroxylation sites is 1. The lowest BCUT2D eigenvalue weighted by molar-refractivity contribution is -0.138. The van der Waals surface area contributed by atoms with Gasteiger partial charge in [0.05, 0.1) is 6.54 Å². The molecular weight excluding hydrogens is 306 g/mol. The Hall–Kier alpha value is -2.37. The maximum atomic E-state index is 12.5. The van der Waals surface area contributed by atoms with Crippen LogP contribution in [0, 0.1) is 5.92 Å². The molecule has 1 atom stereocenters. The summed E-state index contributed by atoms with van der Waals surface area (Å²) < 4.78 is 0. The fourth-order valence-electron chi connectivity index (χ4n) is 2.40. The van der Waals surface area contributed by atoms with Gasteiger partial charge in [-0.1, -0.05) is 39.0 Å². The molecule has 0 aliphatic rings. The summed E-state index contributed by atoms with van der Waals surface area (Å²) in [6, 6.07) is 6.94. The second-order valence-electron chi connectivity index (χ2n) is 6.18. The molecule has 0 aliphatic heterocycles. The van der Waals surface area contributed by atoms with Crippen LogP contribution in [0.4, 0.5) is 5.69 Å². The van der Waals surface area contributed by atoms with E-state index in [-0.39, 0.29) is 30.2 Å². The first kappa shape index (κ1) is 19.7. The smallest absolute Gasteiger partial charge is 0.245 e. The molecule has 0 heterocycles. The molecule has 2 N–H and O–H groups in total. The standard InChI is InChI=1S/C18H27N3O3/c1-6-14-9-7-8-10-15(14)20-16(23)11-21(5)18(24)17(12(2)3)19-13(4)22/h7-10,12,17H,6,11H2,1-5H3,(H,19,22)(H,20,23)/t17-/m1/s1. The van der Waals surface area contributed by atoms with E-state index in [0.29, 0.717) is 0 Å². The number of amides is 3. The van der Waals surface area contributed by atoms with Crippen LogP contribution in [0.1, 0.15) is 33.3 Å². The summed E-state index contributed by atoms with van der Waals surface area (Å²) in [6.45, 7) is 7.02. The zero-order valence-electron chi connectivity index (χ0n) is 15.1. The average Bonchev–Trinajstić information content (AvgIpc) is 2.51. The molecule has 132 valence electrons. The van der Waals surface area contributed by atoms with Crippen molar-refractivity contribution in [3.05, 3.63) is 29.8 Å². The number of hydrogen-bond acceptors (Lipinski definition) is 3. The van der Waals surface area contributed by atoms with E-state index in [2.05, 4.69) is 10.6 Å². The Morgan fingerprint density at radius 1 is 1.17 bits per heavy atom. The number of benzene rings is 1. The number of nitrogens with one attached hydrogen (secondary N) is 2. The normalized spacial score (nSPS) is 11.8. The Morgan fingerprint density at radius 3 is 2.33 bits per heavy atom. The van der Waals surface area contributed by atoms with Gasteiger partial charge in [0.25, 0.3) is 0 Å². The maximum absolute atomic E-state index is 12.5. The van der Waals surface area contributed by atoms with E-state index in [1.54, 1.807) is 7.05 Å². The van der Waals surface area contributed by atoms with Crippen molar-refractivity contribution in [1.82, 2.24) is 10.2 Å². The van der Waals surface area contributed by atoms with E-state index in [1.807, 2.05) is 45.0 Å². The molecule has 6 nitrogen and oxygen atoms in total. The van der Waals surface area contributed by atoms with Crippen LogP contribution in [0.2, 0.25) is 0 Å². The van der Waals surface area contributed by atoms with Crippen molar-refractivity contribution in [3.8, 4) is 0 Å². The molecule has 0 aromatic heterocycles. The fourth-order valence-corrected chi connectivity index (χ4v) is 2.40. The van der Waals surface area contributed by atoms with Crippen LogP contribution in [-0.2, 0) is 20.8 Å². The molecule has 24 heavy (non-hydrogen) atoms. The Morgan fingerprint density at radius 2 is 1.79 bits per heavy atom. The quantitative estimate of drug-likeness (QED) is 0.799. The number of carbonyl (C=O) groups is 3. The molecule has 1 aromatic carbocycles. The zero-order valence-corrected chi connectivity index (χ0v) is 15.1. The highest BCUT2D eigenvalue weighted by atomic mass is 16.2. The largest absolute Gasteiger partial charge is 0.344 e. The molecule has 1 aromatic rings. The van der Waals surface area contributed by atoms with Crippen LogP contribution in [0.5, 0.6) is 0 Å². The summed E-state index contributed by atoms with van der Waals surface area (Å²) in [7, 11) is 1.56. The summed E-state index contributed by atoms with van der Waals surface area (Å²) in [5, 5.41) is 5.48. The lowest BCUT2D eigenvalue weighted by atomic mass is 10.0. The number of carbonyl (C=O) groups excluding carboxylic acids is 3. The molecule has 0 aliphatic carbocycles. The first-order valence-electron chi connectivity index (χ1n) is 8.16. The van der Waals surface area contributed by atoms with Crippen molar-refractivity contribution in [2.24, 2.45) is 5.92 Å². The van der Waals surface area contributed by atoms with Crippen molar-refractivity contribution in [2.75, 3.05) is 18.9 Å². The summed E-state index contributed by atoms with van der Waals surface area (Å²) >= 11 is 0. The first-order chi connectivity index (χ1) is 11.3. The second-order valence-corrected chi connectivity index (χ2v) is 6.18. The molecule has 0 saturated carbocycles. The van der Waals surface area contributed by atoms with E-state index >= 15 is 0 Å². The summed E-state index contributed by atoms with van der Waals surface area (Å²) in [6.07, 6.45) is 0.809. The molecule has 1 rings (SSSR count). The SMILES string of the molecule is CCc1ccccc1NC(=O)CN(C)C(=O)[C@H](NC(C)=O)C(C)C. The summed E-state index contributed by atoms with van der Waals surface area (Å²) in [5.41, 5.74) is 1.80. The van der Waals surface area contributed by atoms with Gasteiger partial charge in [-0.2, -0.15) is 0 Å². The third-order valence-electron chi connectivity index (χ3n) is 3.72. The minimum Gasteiger partial charge on any atom is -0.344 e. The average molecular weight is 333 g/mol. The third kappa shape index (κ3) is 5.68. The molecule has 3 amide bonds. The molecule has 0 spiro atoms. The van der Waals surface area contributed by atoms with Crippen molar-refractivity contribution in [2.45, 2.75) is 40.2 Å². The van der Waals surface area contributed by atoms with Crippen molar-refractivity contribution in [1.29, 1.82) is 0 Å². The van der Waals surface area contributed by atoms with Gasteiger partial charge >= 0.3 is 0 Å². The van der Waals surface area contributed by atoms with Crippen molar-refractivity contribution >= 4 is 23.4 Å². The summed E-state index contributed by atoms with van der Waals surface area (Å²) in [5.74, 6) is -0.874. The Labute approximate surface area is 143 Å². The molecule has 0 bridgehead atoms. The Kier molecular flexibility index (Phi) is 7.42. The molecule has 0 radical (unpaired) electrons. The van der Waals surface area contributed by atoms with Gasteiger partial charge in [-0.15, -0.1) is 0 Å². The predicted octanol–water partition coefficient (Wildman–Crippen LogP) is 1.81. The monoisotopic (exact) mass is 333 g/mol.